The second-order valence-electron chi connectivity index (χ2n) is 5.74. The Hall–Kier alpha value is -1.96. The first-order valence-corrected chi connectivity index (χ1v) is 8.18. The second kappa shape index (κ2) is 5.05. The van der Waals surface area contributed by atoms with E-state index in [4.69, 9.17) is 0 Å². The molecule has 1 aromatic heterocycles. The highest BCUT2D eigenvalue weighted by Gasteiger charge is 2.51. The summed E-state index contributed by atoms with van der Waals surface area (Å²) in [6, 6.07) is 1.19. The molecule has 0 bridgehead atoms. The lowest BCUT2D eigenvalue weighted by Gasteiger charge is -2.37. The molecule has 0 unspecified atom stereocenters. The van der Waals surface area contributed by atoms with Gasteiger partial charge >= 0.3 is 10.5 Å². The topological polar surface area (TPSA) is 76.6 Å². The van der Waals surface area contributed by atoms with Gasteiger partial charge in [0.15, 0.2) is 5.75 Å². The summed E-state index contributed by atoms with van der Waals surface area (Å²) in [6.07, 6.45) is 5.76. The van der Waals surface area contributed by atoms with Gasteiger partial charge in [-0.3, -0.25) is 9.78 Å². The standard InChI is InChI=1S/C14H15FN2O4S/c1-10-2-5-17(14(7-10)3-4-14)13(18)11-6-12(9-16-8-11)21-22(15,19)20/h6,8-9H,1-5,7H2. The summed E-state index contributed by atoms with van der Waals surface area (Å²) in [5.41, 5.74) is 1.16. The maximum atomic E-state index is 12.6. The number of carbonyl (C=O) groups excluding carboxylic acids is 1. The normalized spacial score (nSPS) is 20.0. The number of hydrogen-bond donors (Lipinski definition) is 0. The Morgan fingerprint density at radius 1 is 1.41 bits per heavy atom. The van der Waals surface area contributed by atoms with E-state index in [1.807, 2.05) is 0 Å². The molecular formula is C14H15FN2O4S. The largest absolute Gasteiger partial charge is 0.488 e. The average Bonchev–Trinajstić information content (AvgIpc) is 3.16. The fourth-order valence-electron chi connectivity index (χ4n) is 2.92. The first-order chi connectivity index (χ1) is 10.3. The highest BCUT2D eigenvalue weighted by atomic mass is 32.3. The molecule has 2 heterocycles. The Bertz CT molecular complexity index is 743. The predicted molar refractivity (Wildman–Crippen MR) is 76.3 cm³/mol. The first kappa shape index (κ1) is 15.0. The van der Waals surface area contributed by atoms with Crippen LogP contribution in [-0.2, 0) is 10.5 Å². The highest BCUT2D eigenvalue weighted by Crippen LogP contribution is 2.50. The van der Waals surface area contributed by atoms with Gasteiger partial charge in [-0.25, -0.2) is 0 Å². The van der Waals surface area contributed by atoms with Crippen LogP contribution in [0, 0.1) is 0 Å². The Balaban J connectivity index is 1.83. The number of likely N-dealkylation sites (tertiary alicyclic amines) is 1. The van der Waals surface area contributed by atoms with Crippen molar-refractivity contribution in [3.8, 4) is 5.75 Å². The zero-order valence-corrected chi connectivity index (χ0v) is 12.6. The lowest BCUT2D eigenvalue weighted by molar-refractivity contribution is 0.0616. The van der Waals surface area contributed by atoms with Crippen molar-refractivity contribution < 1.29 is 21.3 Å². The minimum atomic E-state index is -5.14. The number of hydrogen-bond acceptors (Lipinski definition) is 5. The average molecular weight is 326 g/mol. The molecule has 1 aliphatic carbocycles. The SMILES string of the molecule is C=C1CCN(C(=O)c2cncc(OS(=O)(=O)F)c2)C2(CC2)C1. The van der Waals surface area contributed by atoms with Crippen LogP contribution in [0.5, 0.6) is 5.75 Å². The van der Waals surface area contributed by atoms with Gasteiger partial charge in [-0.05, 0) is 31.7 Å². The van der Waals surface area contributed by atoms with E-state index in [9.17, 15) is 17.1 Å². The van der Waals surface area contributed by atoms with Crippen LogP contribution in [-0.4, -0.2) is 36.3 Å². The molecule has 0 N–H and O–H groups in total. The van der Waals surface area contributed by atoms with E-state index >= 15 is 0 Å². The molecule has 1 amide bonds. The molecule has 2 fully saturated rings. The van der Waals surface area contributed by atoms with Crippen molar-refractivity contribution in [2.45, 2.75) is 31.2 Å². The van der Waals surface area contributed by atoms with Gasteiger partial charge in [0.1, 0.15) is 0 Å². The molecule has 1 aliphatic heterocycles. The quantitative estimate of drug-likeness (QED) is 0.627. The summed E-state index contributed by atoms with van der Waals surface area (Å²) in [7, 11) is -5.14. The van der Waals surface area contributed by atoms with Gasteiger partial charge in [-0.1, -0.05) is 16.0 Å². The molecule has 0 radical (unpaired) electrons. The van der Waals surface area contributed by atoms with Crippen LogP contribution in [0.1, 0.15) is 36.0 Å². The molecule has 1 saturated carbocycles. The second-order valence-corrected chi connectivity index (χ2v) is 6.70. The number of amides is 1. The summed E-state index contributed by atoms with van der Waals surface area (Å²) in [4.78, 5) is 18.2. The van der Waals surface area contributed by atoms with E-state index in [0.717, 1.165) is 37.5 Å². The van der Waals surface area contributed by atoms with Crippen molar-refractivity contribution in [2.24, 2.45) is 0 Å². The van der Waals surface area contributed by atoms with Crippen LogP contribution in [0.2, 0.25) is 0 Å². The van der Waals surface area contributed by atoms with Gasteiger partial charge in [0.05, 0.1) is 11.8 Å². The van der Waals surface area contributed by atoms with Crippen molar-refractivity contribution in [1.29, 1.82) is 0 Å². The van der Waals surface area contributed by atoms with Gasteiger partial charge in [0, 0.05) is 18.3 Å². The lowest BCUT2D eigenvalue weighted by atomic mass is 9.95. The predicted octanol–water partition coefficient (Wildman–Crippen LogP) is 2.00. The summed E-state index contributed by atoms with van der Waals surface area (Å²) in [6.45, 7) is 4.57. The van der Waals surface area contributed by atoms with Gasteiger partial charge in [0.2, 0.25) is 0 Å². The van der Waals surface area contributed by atoms with Crippen LogP contribution in [0.3, 0.4) is 0 Å². The lowest BCUT2D eigenvalue weighted by Crippen LogP contribution is -2.46. The number of rotatable bonds is 3. The molecule has 3 rings (SSSR count). The van der Waals surface area contributed by atoms with E-state index in [1.165, 1.54) is 12.3 Å². The maximum Gasteiger partial charge on any atom is 0.488 e. The highest BCUT2D eigenvalue weighted by molar-refractivity contribution is 7.81. The van der Waals surface area contributed by atoms with E-state index in [1.54, 1.807) is 4.90 Å². The molecular weight excluding hydrogens is 311 g/mol. The number of halogens is 1. The number of aromatic nitrogens is 1. The fourth-order valence-corrected chi connectivity index (χ4v) is 3.24. The third kappa shape index (κ3) is 2.96. The zero-order valence-electron chi connectivity index (χ0n) is 11.8. The Kier molecular flexibility index (Phi) is 3.43. The molecule has 8 heteroatoms. The molecule has 1 aromatic rings. The molecule has 0 aromatic carbocycles. The monoisotopic (exact) mass is 326 g/mol. The van der Waals surface area contributed by atoms with Crippen molar-refractivity contribution in [2.75, 3.05) is 6.54 Å². The van der Waals surface area contributed by atoms with Gasteiger partial charge in [-0.15, -0.1) is 0 Å². The number of piperidine rings is 1. The summed E-state index contributed by atoms with van der Waals surface area (Å²) in [5, 5.41) is 0. The molecule has 6 nitrogen and oxygen atoms in total. The number of nitrogens with zero attached hydrogens (tertiary/aromatic N) is 2. The minimum Gasteiger partial charge on any atom is -0.357 e. The fraction of sp³-hybridized carbons (Fsp3) is 0.429. The van der Waals surface area contributed by atoms with Crippen LogP contribution in [0.4, 0.5) is 3.89 Å². The van der Waals surface area contributed by atoms with E-state index < -0.39 is 10.5 Å². The van der Waals surface area contributed by atoms with Crippen LogP contribution in [0.25, 0.3) is 0 Å². The Morgan fingerprint density at radius 2 is 2.14 bits per heavy atom. The van der Waals surface area contributed by atoms with Gasteiger partial charge in [0.25, 0.3) is 5.91 Å². The number of carbonyl (C=O) groups is 1. The molecule has 2 aliphatic rings. The minimum absolute atomic E-state index is 0.157. The van der Waals surface area contributed by atoms with Crippen LogP contribution in [0.15, 0.2) is 30.6 Å². The van der Waals surface area contributed by atoms with Gasteiger partial charge in [-0.2, -0.15) is 8.42 Å². The number of pyridine rings is 1. The van der Waals surface area contributed by atoms with E-state index in [-0.39, 0.29) is 22.8 Å². The molecule has 0 atom stereocenters. The van der Waals surface area contributed by atoms with Crippen LogP contribution < -0.4 is 4.18 Å². The molecule has 1 spiro atoms. The third-order valence-corrected chi connectivity index (χ3v) is 4.46. The van der Waals surface area contributed by atoms with E-state index in [0.29, 0.717) is 6.54 Å². The zero-order chi connectivity index (χ0) is 16.0. The summed E-state index contributed by atoms with van der Waals surface area (Å²) >= 11 is 0. The molecule has 118 valence electrons. The van der Waals surface area contributed by atoms with Crippen molar-refractivity contribution in [3.05, 3.63) is 36.2 Å². The summed E-state index contributed by atoms with van der Waals surface area (Å²) in [5.74, 6) is -0.571. The Labute approximate surface area is 128 Å². The van der Waals surface area contributed by atoms with Crippen LogP contribution >= 0.6 is 0 Å². The summed E-state index contributed by atoms with van der Waals surface area (Å²) < 4.78 is 37.7. The molecule has 1 saturated heterocycles. The van der Waals surface area contributed by atoms with E-state index in [2.05, 4.69) is 15.7 Å². The first-order valence-electron chi connectivity index (χ1n) is 6.87. The van der Waals surface area contributed by atoms with Gasteiger partial charge < -0.3 is 9.08 Å². The van der Waals surface area contributed by atoms with Crippen molar-refractivity contribution in [1.82, 2.24) is 9.88 Å². The molecule has 22 heavy (non-hydrogen) atoms. The smallest absolute Gasteiger partial charge is 0.357 e. The van der Waals surface area contributed by atoms with Crippen molar-refractivity contribution >= 4 is 16.4 Å². The van der Waals surface area contributed by atoms with Crippen molar-refractivity contribution in [3.63, 3.8) is 0 Å². The maximum absolute atomic E-state index is 12.6. The third-order valence-electron chi connectivity index (χ3n) is 4.07. The Morgan fingerprint density at radius 3 is 2.77 bits per heavy atom.